The molecule has 8 rings (SSSR count). The molecule has 5 aromatic rings. The molecule has 3 aromatic carbocycles. The maximum Gasteiger partial charge on any atom is 0.304 e. The highest BCUT2D eigenvalue weighted by Gasteiger charge is 2.35. The Bertz CT molecular complexity index is 2530. The smallest absolute Gasteiger partial charge is 0.304 e. The number of hydrogen-bond donors (Lipinski definition) is 2. The number of ether oxygens (including phenoxy) is 2. The van der Waals surface area contributed by atoms with E-state index >= 15 is 0 Å². The largest absolute Gasteiger partial charge is 0.858 e. The van der Waals surface area contributed by atoms with Crippen LogP contribution < -0.4 is 24.4 Å². The number of fused-ring (bicyclic) bond motifs is 2. The summed E-state index contributed by atoms with van der Waals surface area (Å²) in [6, 6.07) is 18.1. The monoisotopic (exact) mass is 851 g/mol. The number of hydrogen-bond acceptors (Lipinski definition) is 14. The van der Waals surface area contributed by atoms with E-state index in [1.54, 1.807) is 37.0 Å². The Labute approximate surface area is 355 Å². The van der Waals surface area contributed by atoms with Crippen LogP contribution >= 0.6 is 0 Å². The molecule has 0 spiro atoms. The first-order chi connectivity index (χ1) is 29.3. The molecule has 2 fully saturated rings. The number of aromatic nitrogens is 5. The minimum absolute atomic E-state index is 0.0511. The van der Waals surface area contributed by atoms with E-state index in [1.165, 1.54) is 4.31 Å². The van der Waals surface area contributed by atoms with Crippen molar-refractivity contribution >= 4 is 44.4 Å². The van der Waals surface area contributed by atoms with Gasteiger partial charge in [-0.3, -0.25) is 9.69 Å². The molecule has 3 aliphatic heterocycles. The number of aryl methyl sites for hydroxylation is 2. The van der Waals surface area contributed by atoms with Gasteiger partial charge in [-0.2, -0.15) is 4.31 Å². The highest BCUT2D eigenvalue weighted by atomic mass is 32.2. The number of anilines is 2. The molecule has 1 unspecified atom stereocenters. The van der Waals surface area contributed by atoms with E-state index in [4.69, 9.17) is 14.9 Å². The van der Waals surface area contributed by atoms with E-state index in [9.17, 15) is 23.4 Å². The van der Waals surface area contributed by atoms with Gasteiger partial charge in [0, 0.05) is 83.0 Å². The lowest BCUT2D eigenvalue weighted by Crippen LogP contribution is -2.49. The quantitative estimate of drug-likeness (QED) is 0.136. The molecular formula is C43H51N10O7S-. The van der Waals surface area contributed by atoms with Crippen LogP contribution in [-0.4, -0.2) is 125 Å². The Morgan fingerprint density at radius 2 is 1.74 bits per heavy atom. The van der Waals surface area contributed by atoms with Crippen LogP contribution in [0.1, 0.15) is 60.1 Å². The second kappa shape index (κ2) is 17.3. The van der Waals surface area contributed by atoms with Crippen LogP contribution in [0.5, 0.6) is 11.5 Å². The molecule has 0 saturated carbocycles. The van der Waals surface area contributed by atoms with Gasteiger partial charge in [0.2, 0.25) is 10.0 Å². The van der Waals surface area contributed by atoms with Gasteiger partial charge in [-0.25, -0.2) is 13.1 Å². The predicted molar refractivity (Wildman–Crippen MR) is 227 cm³/mol. The molecule has 0 aliphatic carbocycles. The molecule has 0 amide bonds. The third-order valence-corrected chi connectivity index (χ3v) is 14.1. The Hall–Kier alpha value is -5.85. The summed E-state index contributed by atoms with van der Waals surface area (Å²) in [5, 5.41) is 44.9. The van der Waals surface area contributed by atoms with E-state index in [0.29, 0.717) is 34.0 Å². The molecule has 61 heavy (non-hydrogen) atoms. The average Bonchev–Trinajstić information content (AvgIpc) is 3.59. The summed E-state index contributed by atoms with van der Waals surface area (Å²) >= 11 is 0. The van der Waals surface area contributed by atoms with Crippen LogP contribution in [0.15, 0.2) is 65.6 Å². The minimum atomic E-state index is -3.98. The summed E-state index contributed by atoms with van der Waals surface area (Å²) in [7, 11) is -0.663. The van der Waals surface area contributed by atoms with Crippen LogP contribution in [0.25, 0.3) is 11.0 Å². The predicted octanol–water partition coefficient (Wildman–Crippen LogP) is 3.38. The lowest BCUT2D eigenvalue weighted by molar-refractivity contribution is -0.215. The SMILES string of the molecule is COc1cc(C(CC(=O)O)c2ccc(C)c(CN3C[C@@H](C)Oc4cc(N5CCN(CC6CCN(c7ccc(C(=N)[O-])nn7)CC6)CC5)ccc4S3(=O)=O)c2)cc2nnn(C)c12. The van der Waals surface area contributed by atoms with Crippen LogP contribution in [-0.2, 0) is 28.4 Å². The van der Waals surface area contributed by atoms with Crippen LogP contribution in [0.2, 0.25) is 0 Å². The van der Waals surface area contributed by atoms with Gasteiger partial charge in [0.05, 0.1) is 25.8 Å². The summed E-state index contributed by atoms with van der Waals surface area (Å²) in [6.07, 6.45) is 1.44. The second-order valence-corrected chi connectivity index (χ2v) is 18.2. The lowest BCUT2D eigenvalue weighted by Gasteiger charge is -2.40. The highest BCUT2D eigenvalue weighted by Crippen LogP contribution is 2.38. The van der Waals surface area contributed by atoms with Crippen molar-refractivity contribution in [3.8, 4) is 11.5 Å². The van der Waals surface area contributed by atoms with Gasteiger partial charge >= 0.3 is 5.97 Å². The van der Waals surface area contributed by atoms with Crippen LogP contribution in [0, 0.1) is 18.3 Å². The van der Waals surface area contributed by atoms with Gasteiger partial charge in [0.1, 0.15) is 33.5 Å². The van der Waals surface area contributed by atoms with Crippen molar-refractivity contribution in [3.05, 3.63) is 88.6 Å². The molecule has 17 nitrogen and oxygen atoms in total. The van der Waals surface area contributed by atoms with E-state index in [-0.39, 0.29) is 30.1 Å². The Morgan fingerprint density at radius 3 is 2.43 bits per heavy atom. The number of sulfonamides is 1. The summed E-state index contributed by atoms with van der Waals surface area (Å²) in [4.78, 5) is 19.3. The number of benzene rings is 3. The first-order valence-electron chi connectivity index (χ1n) is 20.6. The number of nitrogens with zero attached hydrogens (tertiary/aromatic N) is 9. The van der Waals surface area contributed by atoms with Crippen molar-refractivity contribution in [1.82, 2.24) is 34.4 Å². The molecule has 2 N–H and O–H groups in total. The Kier molecular flexibility index (Phi) is 11.8. The normalized spacial score (nSPS) is 19.2. The zero-order valence-electron chi connectivity index (χ0n) is 34.8. The molecule has 322 valence electrons. The third kappa shape index (κ3) is 8.83. The van der Waals surface area contributed by atoms with Gasteiger partial charge in [0.15, 0.2) is 5.82 Å². The van der Waals surface area contributed by atoms with Gasteiger partial charge in [-0.1, -0.05) is 23.4 Å². The molecular weight excluding hydrogens is 801 g/mol. The number of piperidine rings is 1. The molecule has 2 aromatic heterocycles. The average molecular weight is 852 g/mol. The van der Waals surface area contributed by atoms with Gasteiger partial charge in [0.25, 0.3) is 0 Å². The van der Waals surface area contributed by atoms with Crippen LogP contribution in [0.3, 0.4) is 0 Å². The number of rotatable bonds is 12. The zero-order valence-corrected chi connectivity index (χ0v) is 35.6. The fraction of sp³-hybridized carbons (Fsp3) is 0.442. The fourth-order valence-electron chi connectivity index (χ4n) is 8.84. The maximum absolute atomic E-state index is 14.4. The molecule has 3 aliphatic rings. The maximum atomic E-state index is 14.4. The first-order valence-corrected chi connectivity index (χ1v) is 22.0. The summed E-state index contributed by atoms with van der Waals surface area (Å²) < 4.78 is 43.9. The first kappa shape index (κ1) is 41.9. The number of carbonyl (C=O) groups is 1. The molecule has 5 heterocycles. The van der Waals surface area contributed by atoms with Crippen molar-refractivity contribution < 1.29 is 32.9 Å². The summed E-state index contributed by atoms with van der Waals surface area (Å²) in [5.74, 6) is -0.207. The van der Waals surface area contributed by atoms with Gasteiger partial charge in [-0.15, -0.1) is 15.3 Å². The van der Waals surface area contributed by atoms with E-state index in [1.807, 2.05) is 56.3 Å². The van der Waals surface area contributed by atoms with Gasteiger partial charge in [-0.05, 0) is 91.3 Å². The molecule has 2 atom stereocenters. The molecule has 2 saturated heterocycles. The Balaban J connectivity index is 0.932. The summed E-state index contributed by atoms with van der Waals surface area (Å²) in [6.45, 7) is 10.1. The number of aliphatic carboxylic acids is 1. The third-order valence-electron chi connectivity index (χ3n) is 12.2. The Morgan fingerprint density at radius 1 is 0.967 bits per heavy atom. The van der Waals surface area contributed by atoms with Gasteiger partial charge < -0.3 is 34.9 Å². The van der Waals surface area contributed by atoms with Crippen molar-refractivity contribution in [3.63, 3.8) is 0 Å². The van der Waals surface area contributed by atoms with Crippen molar-refractivity contribution in [1.29, 1.82) is 5.41 Å². The molecule has 0 radical (unpaired) electrons. The zero-order chi connectivity index (χ0) is 43.0. The number of nitrogens with one attached hydrogen (secondary N) is 1. The fourth-order valence-corrected chi connectivity index (χ4v) is 10.4. The minimum Gasteiger partial charge on any atom is -0.858 e. The summed E-state index contributed by atoms with van der Waals surface area (Å²) in [5.41, 5.74) is 5.35. The molecule has 18 heteroatoms. The van der Waals surface area contributed by atoms with E-state index < -0.39 is 33.9 Å². The highest BCUT2D eigenvalue weighted by molar-refractivity contribution is 7.89. The number of carboxylic acids is 1. The van der Waals surface area contributed by atoms with E-state index in [2.05, 4.69) is 35.2 Å². The molecule has 0 bridgehead atoms. The van der Waals surface area contributed by atoms with Crippen LogP contribution in [0.4, 0.5) is 11.5 Å². The number of piperazine rings is 1. The number of methoxy groups -OCH3 is 1. The lowest BCUT2D eigenvalue weighted by atomic mass is 9.86. The topological polar surface area (TPSA) is 206 Å². The van der Waals surface area contributed by atoms with Crippen molar-refractivity contribution in [2.24, 2.45) is 13.0 Å². The standard InChI is InChI=1S/C43H52N10O7S/c1-27-5-6-30(34(23-41(54)55)31-20-36-42(38(21-31)59-4)49(3)48-46-36)19-32(27)26-53-24-28(2)60-37-22-33(7-9-39(37)61(53,57)58)51-17-15-50(16-18-51)25-29-11-13-52(14-12-29)40-10-8-35(43(44)56)45-47-40/h5-10,19-22,28-29,34H,11-18,23-26H2,1-4H3,(H2,44,56)(H,54,55)/p-1/t28-,34?/m1/s1. The van der Waals surface area contributed by atoms with Crippen molar-refractivity contribution in [2.75, 3.05) is 69.3 Å². The second-order valence-electron chi connectivity index (χ2n) is 16.3. The number of carboxylic acid groups (broad SMARTS) is 1. The van der Waals surface area contributed by atoms with Crippen molar-refractivity contribution in [2.45, 2.75) is 56.6 Å². The van der Waals surface area contributed by atoms with E-state index in [0.717, 1.165) is 86.9 Å².